The number of benzene rings is 2. The van der Waals surface area contributed by atoms with Crippen LogP contribution in [-0.2, 0) is 11.3 Å². The van der Waals surface area contributed by atoms with Gasteiger partial charge in [-0.2, -0.15) is 0 Å². The van der Waals surface area contributed by atoms with Crippen molar-refractivity contribution in [2.75, 3.05) is 11.1 Å². The zero-order chi connectivity index (χ0) is 19.9. The van der Waals surface area contributed by atoms with Crippen LogP contribution in [0.15, 0.2) is 59.8 Å². The Balaban J connectivity index is 1.62. The number of hydrogen-bond donors (Lipinski definition) is 1. The van der Waals surface area contributed by atoms with Gasteiger partial charge in [-0.15, -0.1) is 10.2 Å². The van der Waals surface area contributed by atoms with Crippen LogP contribution in [0.1, 0.15) is 25.8 Å². The number of nitrogens with zero attached hydrogens (tertiary/aromatic N) is 3. The molecule has 1 atom stereocenters. The molecule has 3 aromatic rings. The highest BCUT2D eigenvalue weighted by molar-refractivity contribution is 7.99. The van der Waals surface area contributed by atoms with Gasteiger partial charge < -0.3 is 14.6 Å². The third-order valence-electron chi connectivity index (χ3n) is 3.92. The van der Waals surface area contributed by atoms with Crippen LogP contribution in [0.5, 0.6) is 5.75 Å². The van der Waals surface area contributed by atoms with Crippen molar-refractivity contribution >= 4 is 23.4 Å². The van der Waals surface area contributed by atoms with Crippen molar-refractivity contribution in [1.29, 1.82) is 0 Å². The molecule has 0 aliphatic heterocycles. The molecule has 0 radical (unpaired) electrons. The van der Waals surface area contributed by atoms with E-state index in [1.54, 1.807) is 12.1 Å². The van der Waals surface area contributed by atoms with Crippen LogP contribution in [0.3, 0.4) is 0 Å². The smallest absolute Gasteiger partial charge is 0.234 e. The molecule has 0 saturated heterocycles. The summed E-state index contributed by atoms with van der Waals surface area (Å²) in [7, 11) is 0. The Morgan fingerprint density at radius 2 is 2.00 bits per heavy atom. The van der Waals surface area contributed by atoms with Gasteiger partial charge in [0.25, 0.3) is 0 Å². The Morgan fingerprint density at radius 3 is 2.71 bits per heavy atom. The number of nitrogens with one attached hydrogen (secondary N) is 1. The zero-order valence-electron chi connectivity index (χ0n) is 15.6. The highest BCUT2D eigenvalue weighted by Gasteiger charge is 2.19. The molecule has 8 heteroatoms. The maximum absolute atomic E-state index is 13.2. The van der Waals surface area contributed by atoms with E-state index >= 15 is 0 Å². The second-order valence-electron chi connectivity index (χ2n) is 6.01. The van der Waals surface area contributed by atoms with E-state index < -0.39 is 5.82 Å². The van der Waals surface area contributed by atoms with Crippen molar-refractivity contribution in [2.24, 2.45) is 0 Å². The van der Waals surface area contributed by atoms with Crippen LogP contribution < -0.4 is 10.1 Å². The monoisotopic (exact) mass is 400 g/mol. The predicted octanol–water partition coefficient (Wildman–Crippen LogP) is 4.31. The number of thioether (sulfide) groups is 1. The van der Waals surface area contributed by atoms with Crippen molar-refractivity contribution in [2.45, 2.75) is 31.7 Å². The molecule has 146 valence electrons. The van der Waals surface area contributed by atoms with Crippen molar-refractivity contribution in [3.05, 3.63) is 66.2 Å². The fourth-order valence-electron chi connectivity index (χ4n) is 2.65. The minimum absolute atomic E-state index is 0.141. The van der Waals surface area contributed by atoms with Crippen LogP contribution in [-0.4, -0.2) is 26.4 Å². The Kier molecular flexibility index (Phi) is 6.65. The lowest BCUT2D eigenvalue weighted by Crippen LogP contribution is -2.15. The van der Waals surface area contributed by atoms with Crippen molar-refractivity contribution in [3.8, 4) is 5.75 Å². The number of para-hydroxylation sites is 1. The average molecular weight is 400 g/mol. The summed E-state index contributed by atoms with van der Waals surface area (Å²) in [6, 6.07) is 15.3. The molecule has 1 heterocycles. The van der Waals surface area contributed by atoms with Crippen LogP contribution >= 0.6 is 11.8 Å². The highest BCUT2D eigenvalue weighted by atomic mass is 32.2. The van der Waals surface area contributed by atoms with Gasteiger partial charge in [0, 0.05) is 12.2 Å². The molecule has 1 N–H and O–H groups in total. The Bertz CT molecular complexity index is 933. The van der Waals surface area contributed by atoms with Gasteiger partial charge in [-0.3, -0.25) is 4.79 Å². The summed E-state index contributed by atoms with van der Waals surface area (Å²) in [4.78, 5) is 12.1. The van der Waals surface area contributed by atoms with Crippen LogP contribution in [0.25, 0.3) is 0 Å². The molecule has 0 bridgehead atoms. The highest BCUT2D eigenvalue weighted by Crippen LogP contribution is 2.24. The third kappa shape index (κ3) is 5.10. The molecule has 3 rings (SSSR count). The van der Waals surface area contributed by atoms with E-state index in [1.807, 2.05) is 48.7 Å². The van der Waals surface area contributed by atoms with Gasteiger partial charge in [0.2, 0.25) is 5.91 Å². The number of aromatic nitrogens is 3. The van der Waals surface area contributed by atoms with Gasteiger partial charge in [0.05, 0.1) is 5.75 Å². The van der Waals surface area contributed by atoms with Crippen molar-refractivity contribution < 1.29 is 13.9 Å². The maximum atomic E-state index is 13.2. The zero-order valence-corrected chi connectivity index (χ0v) is 16.4. The third-order valence-corrected chi connectivity index (χ3v) is 4.89. The maximum Gasteiger partial charge on any atom is 0.234 e. The minimum atomic E-state index is -0.395. The normalized spacial score (nSPS) is 11.8. The molecule has 0 aliphatic carbocycles. The molecule has 2 aromatic carbocycles. The number of amides is 1. The second kappa shape index (κ2) is 9.36. The molecule has 0 spiro atoms. The van der Waals surface area contributed by atoms with Crippen molar-refractivity contribution in [3.63, 3.8) is 0 Å². The lowest BCUT2D eigenvalue weighted by Gasteiger charge is -2.15. The van der Waals surface area contributed by atoms with E-state index in [0.29, 0.717) is 23.2 Å². The summed E-state index contributed by atoms with van der Waals surface area (Å²) in [5, 5.41) is 11.7. The van der Waals surface area contributed by atoms with Gasteiger partial charge in [0.15, 0.2) is 17.1 Å². The Labute approximate surface area is 167 Å². The molecular weight excluding hydrogens is 379 g/mol. The summed E-state index contributed by atoms with van der Waals surface area (Å²) in [5.41, 5.74) is 0.424. The topological polar surface area (TPSA) is 69.0 Å². The molecule has 0 fully saturated rings. The molecule has 6 nitrogen and oxygen atoms in total. The molecule has 0 saturated carbocycles. The fraction of sp³-hybridized carbons (Fsp3) is 0.250. The quantitative estimate of drug-likeness (QED) is 0.571. The number of halogens is 1. The fourth-order valence-corrected chi connectivity index (χ4v) is 3.46. The predicted molar refractivity (Wildman–Crippen MR) is 107 cm³/mol. The van der Waals surface area contributed by atoms with E-state index in [2.05, 4.69) is 15.5 Å². The Hall–Kier alpha value is -2.87. The minimum Gasteiger partial charge on any atom is -0.483 e. The van der Waals surface area contributed by atoms with Gasteiger partial charge in [0.1, 0.15) is 11.6 Å². The second-order valence-corrected chi connectivity index (χ2v) is 6.95. The van der Waals surface area contributed by atoms with Crippen LogP contribution in [0.2, 0.25) is 0 Å². The molecule has 1 aromatic heterocycles. The molecule has 1 amide bonds. The number of carbonyl (C=O) groups is 1. The number of hydrogen-bond acceptors (Lipinski definition) is 5. The summed E-state index contributed by atoms with van der Waals surface area (Å²) in [6.45, 7) is 4.55. The van der Waals surface area contributed by atoms with E-state index in [0.717, 1.165) is 5.75 Å². The van der Waals surface area contributed by atoms with E-state index in [1.165, 1.54) is 23.9 Å². The lowest BCUT2D eigenvalue weighted by molar-refractivity contribution is -0.113. The number of carbonyl (C=O) groups excluding carboxylic acids is 1. The summed E-state index contributed by atoms with van der Waals surface area (Å²) in [5.74, 6) is 0.955. The largest absolute Gasteiger partial charge is 0.483 e. The first-order valence-electron chi connectivity index (χ1n) is 8.90. The number of ether oxygens (including phenoxy) is 1. The van der Waals surface area contributed by atoms with Gasteiger partial charge in [-0.25, -0.2) is 4.39 Å². The van der Waals surface area contributed by atoms with Crippen LogP contribution in [0, 0.1) is 5.82 Å². The SMILES string of the molecule is CCn1c(SCC(=O)Nc2cccc(F)c2)nnc1C(C)Oc1ccccc1. The number of rotatable bonds is 8. The van der Waals surface area contributed by atoms with E-state index in [4.69, 9.17) is 4.74 Å². The first-order chi connectivity index (χ1) is 13.6. The number of anilines is 1. The Morgan fingerprint density at radius 1 is 1.21 bits per heavy atom. The van der Waals surface area contributed by atoms with E-state index in [-0.39, 0.29) is 17.8 Å². The van der Waals surface area contributed by atoms with Crippen molar-refractivity contribution in [1.82, 2.24) is 14.8 Å². The molecular formula is C20H21FN4O2S. The van der Waals surface area contributed by atoms with E-state index in [9.17, 15) is 9.18 Å². The van der Waals surface area contributed by atoms with Gasteiger partial charge in [-0.05, 0) is 44.2 Å². The average Bonchev–Trinajstić information content (AvgIpc) is 3.10. The summed E-state index contributed by atoms with van der Waals surface area (Å²) < 4.78 is 21.1. The molecule has 1 unspecified atom stereocenters. The first kappa shape index (κ1) is 19.9. The lowest BCUT2D eigenvalue weighted by atomic mass is 10.3. The van der Waals surface area contributed by atoms with Gasteiger partial charge >= 0.3 is 0 Å². The summed E-state index contributed by atoms with van der Waals surface area (Å²) in [6.07, 6.45) is -0.287. The first-order valence-corrected chi connectivity index (χ1v) is 9.88. The van der Waals surface area contributed by atoms with Crippen LogP contribution in [0.4, 0.5) is 10.1 Å². The molecule has 0 aliphatic rings. The van der Waals surface area contributed by atoms with Gasteiger partial charge in [-0.1, -0.05) is 36.0 Å². The molecule has 28 heavy (non-hydrogen) atoms. The standard InChI is InChI=1S/C20H21FN4O2S/c1-3-25-19(14(2)27-17-10-5-4-6-11-17)23-24-20(25)28-13-18(26)22-16-9-7-8-15(21)12-16/h4-12,14H,3,13H2,1-2H3,(H,22,26). The summed E-state index contributed by atoms with van der Waals surface area (Å²) >= 11 is 1.28.